The molecule has 1 fully saturated rings. The van der Waals surface area contributed by atoms with Gasteiger partial charge in [0.2, 0.25) is 0 Å². The van der Waals surface area contributed by atoms with Gasteiger partial charge in [-0.3, -0.25) is 4.79 Å². The lowest BCUT2D eigenvalue weighted by Crippen LogP contribution is -2.20. The number of aliphatic carboxylic acids is 1. The number of hydrogen-bond acceptors (Lipinski definition) is 4. The van der Waals surface area contributed by atoms with Gasteiger partial charge in [-0.2, -0.15) is 0 Å². The molecule has 5 heteroatoms. The van der Waals surface area contributed by atoms with Gasteiger partial charge in [0.1, 0.15) is 0 Å². The molecule has 4 N–H and O–H groups in total. The van der Waals surface area contributed by atoms with E-state index in [1.165, 1.54) is 0 Å². The summed E-state index contributed by atoms with van der Waals surface area (Å²) < 4.78 is 0. The van der Waals surface area contributed by atoms with E-state index in [2.05, 4.69) is 6.92 Å². The number of aliphatic hydroxyl groups excluding tert-OH is 3. The van der Waals surface area contributed by atoms with E-state index in [-0.39, 0.29) is 18.3 Å². The molecule has 1 aliphatic rings. The maximum Gasteiger partial charge on any atom is 0.303 e. The third-order valence-electron chi connectivity index (χ3n) is 4.91. The summed E-state index contributed by atoms with van der Waals surface area (Å²) in [7, 11) is 0. The minimum Gasteiger partial charge on any atom is -0.481 e. The summed E-state index contributed by atoms with van der Waals surface area (Å²) in [4.78, 5) is 10.5. The largest absolute Gasteiger partial charge is 0.481 e. The van der Waals surface area contributed by atoms with Crippen molar-refractivity contribution in [3.05, 3.63) is 24.3 Å². The van der Waals surface area contributed by atoms with E-state index in [0.29, 0.717) is 25.7 Å². The highest BCUT2D eigenvalue weighted by molar-refractivity contribution is 5.66. The lowest BCUT2D eigenvalue weighted by molar-refractivity contribution is -0.137. The first-order valence-electron chi connectivity index (χ1n) is 9.55. The van der Waals surface area contributed by atoms with Crippen molar-refractivity contribution in [1.82, 2.24) is 0 Å². The summed E-state index contributed by atoms with van der Waals surface area (Å²) in [5, 5.41) is 39.0. The van der Waals surface area contributed by atoms with Crippen molar-refractivity contribution < 1.29 is 25.2 Å². The van der Waals surface area contributed by atoms with Crippen LogP contribution in [0.4, 0.5) is 0 Å². The molecule has 0 radical (unpaired) electrons. The fourth-order valence-corrected chi connectivity index (χ4v) is 3.41. The van der Waals surface area contributed by atoms with Crippen LogP contribution in [0.5, 0.6) is 0 Å². The minimum absolute atomic E-state index is 0.0650. The Morgan fingerprint density at radius 3 is 2.60 bits per heavy atom. The second kappa shape index (κ2) is 12.2. The second-order valence-electron chi connectivity index (χ2n) is 7.05. The van der Waals surface area contributed by atoms with Crippen LogP contribution < -0.4 is 0 Å². The molecule has 0 aliphatic heterocycles. The van der Waals surface area contributed by atoms with Crippen LogP contribution in [0.3, 0.4) is 0 Å². The van der Waals surface area contributed by atoms with Gasteiger partial charge in [0.25, 0.3) is 0 Å². The summed E-state index contributed by atoms with van der Waals surface area (Å²) in [6.07, 6.45) is 12.3. The molecule has 0 spiro atoms. The van der Waals surface area contributed by atoms with Gasteiger partial charge in [0.05, 0.1) is 18.3 Å². The zero-order valence-electron chi connectivity index (χ0n) is 15.3. The van der Waals surface area contributed by atoms with Crippen LogP contribution in [0.2, 0.25) is 0 Å². The molecule has 0 bridgehead atoms. The smallest absolute Gasteiger partial charge is 0.303 e. The highest BCUT2D eigenvalue weighted by Crippen LogP contribution is 2.36. The molecule has 144 valence electrons. The third kappa shape index (κ3) is 8.66. The van der Waals surface area contributed by atoms with Crippen LogP contribution in [-0.4, -0.2) is 44.7 Å². The maximum absolute atomic E-state index is 10.5. The van der Waals surface area contributed by atoms with E-state index in [0.717, 1.165) is 25.7 Å². The number of hydrogen-bond donors (Lipinski definition) is 4. The summed E-state index contributed by atoms with van der Waals surface area (Å²) in [5.41, 5.74) is 0. The third-order valence-corrected chi connectivity index (χ3v) is 4.91. The number of allylic oxidation sites excluding steroid dienone is 2. The molecular weight excluding hydrogens is 320 g/mol. The van der Waals surface area contributed by atoms with Crippen LogP contribution >= 0.6 is 0 Å². The number of carboxylic acids is 1. The van der Waals surface area contributed by atoms with Gasteiger partial charge >= 0.3 is 5.97 Å². The monoisotopic (exact) mass is 354 g/mol. The lowest BCUT2D eigenvalue weighted by atomic mass is 9.89. The molecule has 1 aliphatic carbocycles. The van der Waals surface area contributed by atoms with Crippen molar-refractivity contribution in [2.24, 2.45) is 11.8 Å². The Labute approximate surface area is 151 Å². The highest BCUT2D eigenvalue weighted by Gasteiger charge is 2.39. The Hall–Kier alpha value is -1.17. The van der Waals surface area contributed by atoms with Crippen LogP contribution in [0.1, 0.15) is 64.7 Å². The summed E-state index contributed by atoms with van der Waals surface area (Å²) >= 11 is 0. The van der Waals surface area contributed by atoms with Gasteiger partial charge in [-0.05, 0) is 31.6 Å². The molecule has 0 heterocycles. The molecule has 0 aromatic carbocycles. The predicted octanol–water partition coefficient (Wildman–Crippen LogP) is 3.04. The summed E-state index contributed by atoms with van der Waals surface area (Å²) in [6.45, 7) is 2.12. The number of carboxylic acid groups (broad SMARTS) is 1. The summed E-state index contributed by atoms with van der Waals surface area (Å²) in [5.74, 6) is -1.00. The van der Waals surface area contributed by atoms with Crippen molar-refractivity contribution in [3.63, 3.8) is 0 Å². The first-order valence-corrected chi connectivity index (χ1v) is 9.55. The Morgan fingerprint density at radius 2 is 1.92 bits per heavy atom. The lowest BCUT2D eigenvalue weighted by Gasteiger charge is -2.19. The molecule has 0 aromatic heterocycles. The molecule has 5 nitrogen and oxygen atoms in total. The van der Waals surface area contributed by atoms with Gasteiger partial charge in [-0.15, -0.1) is 0 Å². The van der Waals surface area contributed by atoms with Gasteiger partial charge < -0.3 is 20.4 Å². The SMILES string of the molecule is CCCCC[C@H](O)/C=C\[C@@H]1[C@@H](C/C=C\CCCC(=O)O)[C@@H](O)C[C@@H]1O. The fraction of sp³-hybridized carbons (Fsp3) is 0.750. The molecule has 0 aromatic rings. The van der Waals surface area contributed by atoms with E-state index in [4.69, 9.17) is 5.11 Å². The Bertz CT molecular complexity index is 432. The molecule has 1 saturated carbocycles. The standard InChI is InChI=1S/C20H34O5/c1-2-3-6-9-15(21)12-13-17-16(18(22)14-19(17)23)10-7-4-5-8-11-20(24)25/h4,7,12-13,15-19,21-23H,2-3,5-6,8-11,14H2,1H3,(H,24,25)/b7-4-,13-12-/t15-,16+,17+,18-,19-/m0/s1. The Balaban J connectivity index is 2.46. The number of rotatable bonds is 12. The Kier molecular flexibility index (Phi) is 10.7. The normalized spacial score (nSPS) is 28.2. The molecule has 5 atom stereocenters. The average Bonchev–Trinajstić information content (AvgIpc) is 2.82. The van der Waals surface area contributed by atoms with Crippen molar-refractivity contribution in [2.75, 3.05) is 0 Å². The Morgan fingerprint density at radius 1 is 1.16 bits per heavy atom. The van der Waals surface area contributed by atoms with Crippen molar-refractivity contribution in [1.29, 1.82) is 0 Å². The molecule has 0 unspecified atom stereocenters. The first kappa shape index (κ1) is 21.9. The molecule has 0 amide bonds. The van der Waals surface area contributed by atoms with Crippen LogP contribution in [-0.2, 0) is 4.79 Å². The van der Waals surface area contributed by atoms with Gasteiger partial charge in [-0.25, -0.2) is 0 Å². The van der Waals surface area contributed by atoms with E-state index in [9.17, 15) is 20.1 Å². The highest BCUT2D eigenvalue weighted by atomic mass is 16.4. The summed E-state index contributed by atoms with van der Waals surface area (Å²) in [6, 6.07) is 0. The fourth-order valence-electron chi connectivity index (χ4n) is 3.41. The van der Waals surface area contributed by atoms with E-state index < -0.39 is 24.3 Å². The zero-order chi connectivity index (χ0) is 18.7. The van der Waals surface area contributed by atoms with Crippen molar-refractivity contribution >= 4 is 5.97 Å². The second-order valence-corrected chi connectivity index (χ2v) is 7.05. The maximum atomic E-state index is 10.5. The van der Waals surface area contributed by atoms with Crippen LogP contribution in [0.15, 0.2) is 24.3 Å². The van der Waals surface area contributed by atoms with Gasteiger partial charge in [-0.1, -0.05) is 50.5 Å². The number of aliphatic hydroxyl groups is 3. The van der Waals surface area contributed by atoms with Crippen LogP contribution in [0.25, 0.3) is 0 Å². The van der Waals surface area contributed by atoms with Gasteiger partial charge in [0, 0.05) is 18.8 Å². The molecular formula is C20H34O5. The minimum atomic E-state index is -0.787. The van der Waals surface area contributed by atoms with Crippen LogP contribution in [0, 0.1) is 11.8 Å². The van der Waals surface area contributed by atoms with E-state index in [1.807, 2.05) is 18.2 Å². The number of unbranched alkanes of at least 4 members (excludes halogenated alkanes) is 3. The molecule has 1 rings (SSSR count). The van der Waals surface area contributed by atoms with Gasteiger partial charge in [0.15, 0.2) is 0 Å². The number of carbonyl (C=O) groups is 1. The average molecular weight is 354 g/mol. The zero-order valence-corrected chi connectivity index (χ0v) is 15.3. The van der Waals surface area contributed by atoms with Crippen molar-refractivity contribution in [2.45, 2.75) is 83.0 Å². The molecule has 25 heavy (non-hydrogen) atoms. The molecule has 0 saturated heterocycles. The topological polar surface area (TPSA) is 98.0 Å². The predicted molar refractivity (Wildman–Crippen MR) is 98.1 cm³/mol. The van der Waals surface area contributed by atoms with E-state index in [1.54, 1.807) is 6.08 Å². The van der Waals surface area contributed by atoms with E-state index >= 15 is 0 Å². The van der Waals surface area contributed by atoms with Crippen molar-refractivity contribution in [3.8, 4) is 0 Å². The first-order chi connectivity index (χ1) is 12.0. The quantitative estimate of drug-likeness (QED) is 0.319.